The van der Waals surface area contributed by atoms with Crippen molar-refractivity contribution in [3.05, 3.63) is 77.6 Å². The van der Waals surface area contributed by atoms with Crippen molar-refractivity contribution in [1.29, 1.82) is 0 Å². The maximum Gasteiger partial charge on any atom is 0.247 e. The number of anilines is 1. The third-order valence-corrected chi connectivity index (χ3v) is 3.55. The van der Waals surface area contributed by atoms with Gasteiger partial charge in [0, 0.05) is 12.2 Å². The minimum atomic E-state index is -1.51. The third-order valence-electron chi connectivity index (χ3n) is 3.55. The smallest absolute Gasteiger partial charge is 0.247 e. The average Bonchev–Trinajstić information content (AvgIpc) is 2.61. The van der Waals surface area contributed by atoms with Gasteiger partial charge in [-0.05, 0) is 47.9 Å². The molecule has 2 N–H and O–H groups in total. The fourth-order valence-corrected chi connectivity index (χ4v) is 2.25. The van der Waals surface area contributed by atoms with Crippen molar-refractivity contribution in [3.63, 3.8) is 0 Å². The highest BCUT2D eigenvalue weighted by atomic mass is 19.2. The van der Waals surface area contributed by atoms with E-state index in [2.05, 4.69) is 17.2 Å². The topological polar surface area (TPSA) is 58.2 Å². The van der Waals surface area contributed by atoms with E-state index in [4.69, 9.17) is 0 Å². The van der Waals surface area contributed by atoms with E-state index in [1.54, 1.807) is 24.3 Å². The first kappa shape index (κ1) is 19.2. The van der Waals surface area contributed by atoms with Gasteiger partial charge in [-0.3, -0.25) is 9.59 Å². The van der Waals surface area contributed by atoms with E-state index < -0.39 is 17.5 Å². The molecule has 2 aromatic carbocycles. The van der Waals surface area contributed by atoms with Crippen LogP contribution in [0.25, 0.3) is 0 Å². The first-order valence-electron chi connectivity index (χ1n) is 7.81. The van der Waals surface area contributed by atoms with Crippen molar-refractivity contribution in [1.82, 2.24) is 5.32 Å². The number of hydrogen-bond donors (Lipinski definition) is 2. The lowest BCUT2D eigenvalue weighted by Gasteiger charge is -2.07. The fourth-order valence-electron chi connectivity index (χ4n) is 2.25. The molecule has 0 saturated carbocycles. The quantitative estimate of drug-likeness (QED) is 0.587. The second kappa shape index (κ2) is 8.84. The molecule has 0 spiro atoms. The van der Waals surface area contributed by atoms with E-state index in [1.165, 1.54) is 0 Å². The molecule has 0 heterocycles. The molecule has 136 valence electrons. The van der Waals surface area contributed by atoms with Crippen LogP contribution in [0.3, 0.4) is 0 Å². The normalized spacial score (nSPS) is 10.3. The Morgan fingerprint density at radius 1 is 1.00 bits per heavy atom. The number of amides is 2. The number of halogens is 3. The Morgan fingerprint density at radius 3 is 2.19 bits per heavy atom. The maximum atomic E-state index is 13.1. The van der Waals surface area contributed by atoms with Gasteiger partial charge >= 0.3 is 0 Å². The second-order valence-electron chi connectivity index (χ2n) is 5.54. The molecule has 7 heteroatoms. The molecule has 0 fully saturated rings. The summed E-state index contributed by atoms with van der Waals surface area (Å²) < 4.78 is 39.1. The van der Waals surface area contributed by atoms with Crippen LogP contribution in [0, 0.1) is 17.5 Å². The number of rotatable bonds is 7. The highest BCUT2D eigenvalue weighted by molar-refractivity contribution is 5.98. The summed E-state index contributed by atoms with van der Waals surface area (Å²) in [6, 6.07) is 8.52. The van der Waals surface area contributed by atoms with Gasteiger partial charge in [0.1, 0.15) is 0 Å². The second-order valence-corrected chi connectivity index (χ2v) is 5.54. The van der Waals surface area contributed by atoms with Crippen molar-refractivity contribution in [2.45, 2.75) is 12.8 Å². The number of nitrogens with one attached hydrogen (secondary N) is 2. The summed E-state index contributed by atoms with van der Waals surface area (Å²) in [4.78, 5) is 23.1. The highest BCUT2D eigenvalue weighted by Crippen LogP contribution is 2.14. The van der Waals surface area contributed by atoms with Crippen LogP contribution in [0.5, 0.6) is 0 Å². The van der Waals surface area contributed by atoms with Crippen LogP contribution < -0.4 is 10.6 Å². The van der Waals surface area contributed by atoms with Crippen LogP contribution in [0.1, 0.15) is 11.1 Å². The van der Waals surface area contributed by atoms with Crippen LogP contribution in [0.2, 0.25) is 0 Å². The number of hydrogen-bond acceptors (Lipinski definition) is 2. The lowest BCUT2D eigenvalue weighted by molar-refractivity contribution is -0.120. The molecule has 2 rings (SSSR count). The molecule has 0 saturated heterocycles. The molecular formula is C19H17F3N2O2. The number of benzene rings is 2. The van der Waals surface area contributed by atoms with Crippen LogP contribution in [-0.4, -0.2) is 18.4 Å². The van der Waals surface area contributed by atoms with E-state index in [1.807, 2.05) is 0 Å². The lowest BCUT2D eigenvalue weighted by atomic mass is 10.1. The van der Waals surface area contributed by atoms with Crippen molar-refractivity contribution in [2.75, 3.05) is 11.9 Å². The summed E-state index contributed by atoms with van der Waals surface area (Å²) in [5.74, 6) is -4.62. The highest BCUT2D eigenvalue weighted by Gasteiger charge is 2.10. The lowest BCUT2D eigenvalue weighted by Crippen LogP contribution is -2.27. The molecule has 0 atom stereocenters. The molecule has 0 radical (unpaired) electrons. The van der Waals surface area contributed by atoms with E-state index in [9.17, 15) is 22.8 Å². The molecule has 26 heavy (non-hydrogen) atoms. The predicted molar refractivity (Wildman–Crippen MR) is 92.0 cm³/mol. The molecule has 0 aromatic heterocycles. The van der Waals surface area contributed by atoms with Crippen LogP contribution in [0.4, 0.5) is 18.9 Å². The first-order chi connectivity index (χ1) is 12.4. The van der Waals surface area contributed by atoms with E-state index in [0.717, 1.165) is 23.8 Å². The Balaban J connectivity index is 1.81. The van der Waals surface area contributed by atoms with Crippen LogP contribution in [0.15, 0.2) is 49.1 Å². The molecular weight excluding hydrogens is 345 g/mol. The Morgan fingerprint density at radius 2 is 1.62 bits per heavy atom. The van der Waals surface area contributed by atoms with Gasteiger partial charge in [0.15, 0.2) is 17.5 Å². The van der Waals surface area contributed by atoms with Crippen molar-refractivity contribution in [2.24, 2.45) is 0 Å². The van der Waals surface area contributed by atoms with Gasteiger partial charge in [-0.1, -0.05) is 18.7 Å². The summed E-state index contributed by atoms with van der Waals surface area (Å²) in [6.45, 7) is 3.52. The summed E-state index contributed by atoms with van der Waals surface area (Å²) >= 11 is 0. The van der Waals surface area contributed by atoms with Crippen molar-refractivity contribution >= 4 is 17.5 Å². The standard InChI is InChI=1S/C19H17F3N2O2/c1-2-17(25)24-14-5-3-12(4-6-14)11-18(26)23-8-7-13-9-15(20)19(22)16(21)10-13/h2-6,9-10H,1,7-8,11H2,(H,23,26)(H,24,25). The van der Waals surface area contributed by atoms with Crippen LogP contribution in [-0.2, 0) is 22.4 Å². The Bertz CT molecular complexity index is 797. The van der Waals surface area contributed by atoms with Gasteiger partial charge < -0.3 is 10.6 Å². The number of carbonyl (C=O) groups is 2. The molecule has 4 nitrogen and oxygen atoms in total. The summed E-state index contributed by atoms with van der Waals surface area (Å²) in [6.07, 6.45) is 1.44. The zero-order valence-electron chi connectivity index (χ0n) is 13.8. The van der Waals surface area contributed by atoms with E-state index >= 15 is 0 Å². The van der Waals surface area contributed by atoms with Crippen molar-refractivity contribution < 1.29 is 22.8 Å². The Labute approximate surface area is 148 Å². The SMILES string of the molecule is C=CC(=O)Nc1ccc(CC(=O)NCCc2cc(F)c(F)c(F)c2)cc1. The van der Waals surface area contributed by atoms with Gasteiger partial charge in [-0.2, -0.15) is 0 Å². The molecule has 0 aliphatic carbocycles. The third kappa shape index (κ3) is 5.47. The molecule has 0 aliphatic rings. The zero-order valence-corrected chi connectivity index (χ0v) is 13.8. The fraction of sp³-hybridized carbons (Fsp3) is 0.158. The van der Waals surface area contributed by atoms with E-state index in [0.29, 0.717) is 5.69 Å². The minimum Gasteiger partial charge on any atom is -0.355 e. The maximum absolute atomic E-state index is 13.1. The zero-order chi connectivity index (χ0) is 19.1. The Kier molecular flexibility index (Phi) is 6.54. The molecule has 2 aromatic rings. The van der Waals surface area contributed by atoms with Gasteiger partial charge in [0.05, 0.1) is 6.42 Å². The number of carbonyl (C=O) groups excluding carboxylic acids is 2. The monoisotopic (exact) mass is 362 g/mol. The Hall–Kier alpha value is -3.09. The minimum absolute atomic E-state index is 0.113. The molecule has 0 bridgehead atoms. The molecule has 0 aliphatic heterocycles. The summed E-state index contributed by atoms with van der Waals surface area (Å²) in [7, 11) is 0. The van der Waals surface area contributed by atoms with Crippen LogP contribution >= 0.6 is 0 Å². The van der Waals surface area contributed by atoms with Crippen molar-refractivity contribution in [3.8, 4) is 0 Å². The van der Waals surface area contributed by atoms with Gasteiger partial charge in [0.2, 0.25) is 11.8 Å². The van der Waals surface area contributed by atoms with Gasteiger partial charge in [0.25, 0.3) is 0 Å². The molecule has 0 unspecified atom stereocenters. The largest absolute Gasteiger partial charge is 0.355 e. The predicted octanol–water partition coefficient (Wildman–Crippen LogP) is 3.13. The summed E-state index contributed by atoms with van der Waals surface area (Å²) in [5, 5.41) is 5.22. The summed E-state index contributed by atoms with van der Waals surface area (Å²) in [5.41, 5.74) is 1.57. The van der Waals surface area contributed by atoms with Gasteiger partial charge in [-0.25, -0.2) is 13.2 Å². The average molecular weight is 362 g/mol. The first-order valence-corrected chi connectivity index (χ1v) is 7.81. The van der Waals surface area contributed by atoms with Gasteiger partial charge in [-0.15, -0.1) is 0 Å². The molecule has 2 amide bonds. The van der Waals surface area contributed by atoms with E-state index in [-0.39, 0.29) is 36.8 Å².